The lowest BCUT2D eigenvalue weighted by molar-refractivity contribution is -0.136. The molecule has 0 heterocycles. The van der Waals surface area contributed by atoms with Crippen LogP contribution in [0.25, 0.3) is 0 Å². The van der Waals surface area contributed by atoms with E-state index >= 15 is 0 Å². The molecule has 0 aliphatic rings. The van der Waals surface area contributed by atoms with Crippen molar-refractivity contribution in [2.75, 3.05) is 79.7 Å². The zero-order valence-electron chi connectivity index (χ0n) is 18.2. The SMILES string of the molecule is CNCCOCCOCCOCCOCCOCCC(=O)Oc1c(F)c(F)c(F)c(F)c1F. The summed E-state index contributed by atoms with van der Waals surface area (Å²) in [6.45, 7) is 3.98. The van der Waals surface area contributed by atoms with Gasteiger partial charge in [-0.25, -0.2) is 13.2 Å². The van der Waals surface area contributed by atoms with Gasteiger partial charge in [0, 0.05) is 6.54 Å². The molecular formula is C20H28F5NO7. The van der Waals surface area contributed by atoms with Crippen LogP contribution in [0.2, 0.25) is 0 Å². The van der Waals surface area contributed by atoms with Crippen LogP contribution in [0, 0.1) is 29.1 Å². The van der Waals surface area contributed by atoms with Gasteiger partial charge in [0.05, 0.1) is 72.5 Å². The maximum Gasteiger partial charge on any atom is 0.313 e. The first-order valence-corrected chi connectivity index (χ1v) is 10.2. The van der Waals surface area contributed by atoms with Crippen molar-refractivity contribution in [2.24, 2.45) is 0 Å². The number of rotatable bonds is 19. The molecule has 0 unspecified atom stereocenters. The first-order valence-electron chi connectivity index (χ1n) is 10.2. The number of halogens is 5. The van der Waals surface area contributed by atoms with Crippen molar-refractivity contribution in [1.82, 2.24) is 5.32 Å². The predicted octanol–water partition coefficient (Wildman–Crippen LogP) is 1.98. The Balaban J connectivity index is 1.99. The Bertz CT molecular complexity index is 683. The van der Waals surface area contributed by atoms with E-state index in [1.807, 2.05) is 7.05 Å². The van der Waals surface area contributed by atoms with Crippen molar-refractivity contribution in [2.45, 2.75) is 6.42 Å². The largest absolute Gasteiger partial charge is 0.420 e. The minimum Gasteiger partial charge on any atom is -0.420 e. The summed E-state index contributed by atoms with van der Waals surface area (Å²) in [5.41, 5.74) is 0. The third-order valence-electron chi connectivity index (χ3n) is 3.82. The Morgan fingerprint density at radius 1 is 0.606 bits per heavy atom. The number of carbonyl (C=O) groups is 1. The van der Waals surface area contributed by atoms with Gasteiger partial charge in [0.25, 0.3) is 0 Å². The molecule has 0 saturated carbocycles. The van der Waals surface area contributed by atoms with E-state index in [2.05, 4.69) is 10.1 Å². The van der Waals surface area contributed by atoms with Crippen LogP contribution in [-0.4, -0.2) is 85.6 Å². The highest BCUT2D eigenvalue weighted by Gasteiger charge is 2.28. The smallest absolute Gasteiger partial charge is 0.313 e. The van der Waals surface area contributed by atoms with Gasteiger partial charge in [-0.3, -0.25) is 4.79 Å². The molecule has 0 fully saturated rings. The lowest BCUT2D eigenvalue weighted by atomic mass is 10.2. The standard InChI is InChI=1S/C20H28F5NO7/c1-26-3-5-29-7-9-31-11-13-32-12-10-30-8-6-28-4-2-14(27)33-20-18(24)16(22)15(21)17(23)19(20)25/h26H,2-13H2,1H3. The van der Waals surface area contributed by atoms with E-state index in [4.69, 9.17) is 23.7 Å². The summed E-state index contributed by atoms with van der Waals surface area (Å²) in [7, 11) is 1.84. The third kappa shape index (κ3) is 11.7. The zero-order valence-corrected chi connectivity index (χ0v) is 18.2. The fourth-order valence-electron chi connectivity index (χ4n) is 2.15. The summed E-state index contributed by atoms with van der Waals surface area (Å²) in [6.07, 6.45) is -0.469. The second-order valence-corrected chi connectivity index (χ2v) is 6.29. The quantitative estimate of drug-likeness (QED) is 0.0789. The molecule has 0 atom stereocenters. The number of carbonyl (C=O) groups excluding carboxylic acids is 1. The molecule has 0 bridgehead atoms. The Morgan fingerprint density at radius 3 is 1.39 bits per heavy atom. The van der Waals surface area contributed by atoms with E-state index in [-0.39, 0.29) is 19.8 Å². The van der Waals surface area contributed by atoms with Gasteiger partial charge in [0.2, 0.25) is 34.8 Å². The second kappa shape index (κ2) is 17.6. The van der Waals surface area contributed by atoms with E-state index < -0.39 is 47.2 Å². The van der Waals surface area contributed by atoms with Crippen molar-refractivity contribution in [3.63, 3.8) is 0 Å². The van der Waals surface area contributed by atoms with E-state index in [1.165, 1.54) is 0 Å². The normalized spacial score (nSPS) is 11.2. The molecule has 0 aliphatic heterocycles. The van der Waals surface area contributed by atoms with Crippen LogP contribution in [0.5, 0.6) is 5.75 Å². The minimum absolute atomic E-state index is 0.104. The molecule has 33 heavy (non-hydrogen) atoms. The molecule has 13 heteroatoms. The Morgan fingerprint density at radius 2 is 0.970 bits per heavy atom. The molecule has 190 valence electrons. The van der Waals surface area contributed by atoms with Gasteiger partial charge >= 0.3 is 5.97 Å². The molecular weight excluding hydrogens is 461 g/mol. The fourth-order valence-corrected chi connectivity index (χ4v) is 2.15. The summed E-state index contributed by atoms with van der Waals surface area (Å²) < 4.78 is 96.4. The van der Waals surface area contributed by atoms with Crippen LogP contribution in [0.1, 0.15) is 6.42 Å². The number of hydrogen-bond donors (Lipinski definition) is 1. The molecule has 0 amide bonds. The highest BCUT2D eigenvalue weighted by Crippen LogP contribution is 2.29. The summed E-state index contributed by atoms with van der Waals surface area (Å²) in [4.78, 5) is 11.5. The van der Waals surface area contributed by atoms with Crippen LogP contribution >= 0.6 is 0 Å². The third-order valence-corrected chi connectivity index (χ3v) is 3.82. The van der Waals surface area contributed by atoms with E-state index in [9.17, 15) is 26.7 Å². The first kappa shape index (κ1) is 29.1. The van der Waals surface area contributed by atoms with E-state index in [0.29, 0.717) is 46.2 Å². The van der Waals surface area contributed by atoms with Gasteiger partial charge in [-0.05, 0) is 7.05 Å². The van der Waals surface area contributed by atoms with E-state index in [1.54, 1.807) is 0 Å². The molecule has 0 saturated heterocycles. The fraction of sp³-hybridized carbons (Fsp3) is 0.650. The van der Waals surface area contributed by atoms with Gasteiger partial charge in [0.15, 0.2) is 0 Å². The van der Waals surface area contributed by atoms with E-state index in [0.717, 1.165) is 6.54 Å². The van der Waals surface area contributed by atoms with Crippen molar-refractivity contribution < 1.29 is 55.2 Å². The minimum atomic E-state index is -2.34. The maximum absolute atomic E-state index is 13.4. The van der Waals surface area contributed by atoms with Crippen molar-refractivity contribution in [3.8, 4) is 5.75 Å². The summed E-state index contributed by atoms with van der Waals surface area (Å²) in [5.74, 6) is -14.1. The highest BCUT2D eigenvalue weighted by molar-refractivity contribution is 5.72. The summed E-state index contributed by atoms with van der Waals surface area (Å²) in [5, 5.41) is 2.96. The second-order valence-electron chi connectivity index (χ2n) is 6.29. The van der Waals surface area contributed by atoms with Crippen LogP contribution in [0.3, 0.4) is 0 Å². The summed E-state index contributed by atoms with van der Waals surface area (Å²) >= 11 is 0. The number of hydrogen-bond acceptors (Lipinski definition) is 8. The average Bonchev–Trinajstić information content (AvgIpc) is 2.81. The lowest BCUT2D eigenvalue weighted by Crippen LogP contribution is -2.17. The van der Waals surface area contributed by atoms with Crippen molar-refractivity contribution in [1.29, 1.82) is 0 Å². The first-order chi connectivity index (χ1) is 15.9. The molecule has 1 aromatic carbocycles. The molecule has 8 nitrogen and oxygen atoms in total. The molecule has 0 spiro atoms. The Hall–Kier alpha value is -1.90. The molecule has 1 aromatic rings. The molecule has 1 rings (SSSR count). The number of nitrogens with one attached hydrogen (secondary N) is 1. The van der Waals surface area contributed by atoms with Gasteiger partial charge in [-0.1, -0.05) is 0 Å². The lowest BCUT2D eigenvalue weighted by Gasteiger charge is -2.09. The van der Waals surface area contributed by atoms with Gasteiger partial charge < -0.3 is 33.7 Å². The average molecular weight is 489 g/mol. The molecule has 0 aliphatic carbocycles. The van der Waals surface area contributed by atoms with Crippen molar-refractivity contribution >= 4 is 5.97 Å². The van der Waals surface area contributed by atoms with Crippen LogP contribution in [0.15, 0.2) is 0 Å². The highest BCUT2D eigenvalue weighted by atomic mass is 19.2. The predicted molar refractivity (Wildman–Crippen MR) is 105 cm³/mol. The number of likely N-dealkylation sites (N-methyl/N-ethyl adjacent to an activating group) is 1. The van der Waals surface area contributed by atoms with Crippen LogP contribution in [-0.2, 0) is 28.5 Å². The maximum atomic E-state index is 13.4. The molecule has 1 N–H and O–H groups in total. The Kier molecular flexibility index (Phi) is 15.5. The number of ether oxygens (including phenoxy) is 6. The van der Waals surface area contributed by atoms with Gasteiger partial charge in [0.1, 0.15) is 0 Å². The number of benzene rings is 1. The molecule has 0 aromatic heterocycles. The van der Waals surface area contributed by atoms with Crippen LogP contribution < -0.4 is 10.1 Å². The topological polar surface area (TPSA) is 84.5 Å². The van der Waals surface area contributed by atoms with Gasteiger partial charge in [-0.15, -0.1) is 0 Å². The summed E-state index contributed by atoms with van der Waals surface area (Å²) in [6, 6.07) is 0. The van der Waals surface area contributed by atoms with Gasteiger partial charge in [-0.2, -0.15) is 8.78 Å². The zero-order chi connectivity index (χ0) is 24.5. The molecule has 0 radical (unpaired) electrons. The number of esters is 1. The van der Waals surface area contributed by atoms with Crippen molar-refractivity contribution in [3.05, 3.63) is 29.1 Å². The Labute approximate surface area is 188 Å². The van der Waals surface area contributed by atoms with Crippen LogP contribution in [0.4, 0.5) is 22.0 Å². The monoisotopic (exact) mass is 489 g/mol.